The minimum Gasteiger partial charge on any atom is -0.493 e. The Morgan fingerprint density at radius 2 is 1.62 bits per heavy atom. The number of hydrogen-bond donors (Lipinski definition) is 1. The van der Waals surface area contributed by atoms with Crippen LogP contribution in [0.2, 0.25) is 15.1 Å². The smallest absolute Gasteiger partial charge is 0.180 e. The van der Waals surface area contributed by atoms with Crippen molar-refractivity contribution in [2.24, 2.45) is 0 Å². The molecule has 3 rings (SSSR count). The SMILES string of the molecule is COc1cc(CNCCc2ccc(Cl)cc2)cc(Cl)c1OCc1cccc(Cl)c1. The van der Waals surface area contributed by atoms with Crippen molar-refractivity contribution in [3.63, 3.8) is 0 Å². The standard InChI is InChI=1S/C23H22Cl3NO2/c1-28-22-13-18(14-27-10-9-16-5-7-19(24)8-6-16)12-21(26)23(22)29-15-17-3-2-4-20(25)11-17/h2-8,11-13,27H,9-10,14-15H2,1H3. The molecule has 0 fully saturated rings. The van der Waals surface area contributed by atoms with Crippen molar-refractivity contribution in [3.8, 4) is 11.5 Å². The minimum absolute atomic E-state index is 0.356. The van der Waals surface area contributed by atoms with Gasteiger partial charge in [-0.05, 0) is 66.1 Å². The monoisotopic (exact) mass is 449 g/mol. The van der Waals surface area contributed by atoms with E-state index in [1.54, 1.807) is 7.11 Å². The number of rotatable bonds is 9. The molecule has 152 valence electrons. The van der Waals surface area contributed by atoms with E-state index < -0.39 is 0 Å². The van der Waals surface area contributed by atoms with Crippen molar-refractivity contribution < 1.29 is 9.47 Å². The van der Waals surface area contributed by atoms with E-state index in [0.29, 0.717) is 34.7 Å². The van der Waals surface area contributed by atoms with Gasteiger partial charge in [0.1, 0.15) is 6.61 Å². The Kier molecular flexibility index (Phi) is 8.08. The minimum atomic E-state index is 0.356. The number of hydrogen-bond acceptors (Lipinski definition) is 3. The molecule has 0 aliphatic rings. The fourth-order valence-corrected chi connectivity index (χ4v) is 3.54. The molecule has 0 bridgehead atoms. The molecule has 3 aromatic rings. The predicted molar refractivity (Wildman–Crippen MR) is 121 cm³/mol. The van der Waals surface area contributed by atoms with Crippen LogP contribution in [0.15, 0.2) is 60.7 Å². The summed E-state index contributed by atoms with van der Waals surface area (Å²) in [6.45, 7) is 1.88. The van der Waals surface area contributed by atoms with Crippen molar-refractivity contribution in [3.05, 3.63) is 92.4 Å². The van der Waals surface area contributed by atoms with Gasteiger partial charge >= 0.3 is 0 Å². The summed E-state index contributed by atoms with van der Waals surface area (Å²) < 4.78 is 11.4. The van der Waals surface area contributed by atoms with Crippen LogP contribution in [0.3, 0.4) is 0 Å². The van der Waals surface area contributed by atoms with Gasteiger partial charge in [0.25, 0.3) is 0 Å². The Labute approximate surface area is 186 Å². The van der Waals surface area contributed by atoms with Crippen LogP contribution in [-0.4, -0.2) is 13.7 Å². The van der Waals surface area contributed by atoms with Crippen LogP contribution in [0, 0.1) is 0 Å². The van der Waals surface area contributed by atoms with E-state index in [1.807, 2.05) is 60.7 Å². The molecular weight excluding hydrogens is 429 g/mol. The van der Waals surface area contributed by atoms with Crippen molar-refractivity contribution in [2.75, 3.05) is 13.7 Å². The van der Waals surface area contributed by atoms with Crippen LogP contribution in [0.1, 0.15) is 16.7 Å². The van der Waals surface area contributed by atoms with Gasteiger partial charge in [-0.25, -0.2) is 0 Å². The van der Waals surface area contributed by atoms with E-state index in [9.17, 15) is 0 Å². The highest BCUT2D eigenvalue weighted by Crippen LogP contribution is 2.37. The summed E-state index contributed by atoms with van der Waals surface area (Å²) in [5.41, 5.74) is 3.23. The predicted octanol–water partition coefficient (Wildman–Crippen LogP) is 6.57. The van der Waals surface area contributed by atoms with Gasteiger partial charge in [-0.2, -0.15) is 0 Å². The highest BCUT2D eigenvalue weighted by atomic mass is 35.5. The average molecular weight is 451 g/mol. The highest BCUT2D eigenvalue weighted by molar-refractivity contribution is 6.32. The maximum absolute atomic E-state index is 6.46. The zero-order chi connectivity index (χ0) is 20.6. The Balaban J connectivity index is 1.57. The van der Waals surface area contributed by atoms with Gasteiger partial charge in [0.2, 0.25) is 0 Å². The molecule has 0 amide bonds. The first-order valence-corrected chi connectivity index (χ1v) is 10.4. The van der Waals surface area contributed by atoms with Gasteiger partial charge in [-0.3, -0.25) is 0 Å². The lowest BCUT2D eigenvalue weighted by Crippen LogP contribution is -2.16. The second kappa shape index (κ2) is 10.7. The highest BCUT2D eigenvalue weighted by Gasteiger charge is 2.12. The van der Waals surface area contributed by atoms with Gasteiger partial charge < -0.3 is 14.8 Å². The van der Waals surface area contributed by atoms with E-state index >= 15 is 0 Å². The van der Waals surface area contributed by atoms with E-state index in [-0.39, 0.29) is 0 Å². The second-order valence-corrected chi connectivity index (χ2v) is 7.86. The summed E-state index contributed by atoms with van der Waals surface area (Å²) in [7, 11) is 1.61. The van der Waals surface area contributed by atoms with Gasteiger partial charge in [0.05, 0.1) is 12.1 Å². The average Bonchev–Trinajstić information content (AvgIpc) is 2.71. The third-order valence-corrected chi connectivity index (χ3v) is 5.16. The maximum atomic E-state index is 6.46. The molecule has 0 radical (unpaired) electrons. The number of nitrogens with one attached hydrogen (secondary N) is 1. The molecule has 0 heterocycles. The molecule has 0 saturated carbocycles. The van der Waals surface area contributed by atoms with Gasteiger partial charge in [-0.15, -0.1) is 0 Å². The van der Waals surface area contributed by atoms with Crippen LogP contribution < -0.4 is 14.8 Å². The van der Waals surface area contributed by atoms with Crippen LogP contribution >= 0.6 is 34.8 Å². The summed E-state index contributed by atoms with van der Waals surface area (Å²) in [5, 5.41) is 5.36. The molecule has 0 atom stereocenters. The summed E-state index contributed by atoms with van der Waals surface area (Å²) in [6.07, 6.45) is 0.920. The normalized spacial score (nSPS) is 10.8. The molecule has 0 aliphatic carbocycles. The third-order valence-electron chi connectivity index (χ3n) is 4.39. The number of benzene rings is 3. The van der Waals surface area contributed by atoms with E-state index in [0.717, 1.165) is 29.1 Å². The first kappa shape index (κ1) is 21.8. The van der Waals surface area contributed by atoms with Crippen LogP contribution in [0.5, 0.6) is 11.5 Å². The van der Waals surface area contributed by atoms with Crippen molar-refractivity contribution >= 4 is 34.8 Å². The van der Waals surface area contributed by atoms with Gasteiger partial charge in [0, 0.05) is 16.6 Å². The lowest BCUT2D eigenvalue weighted by molar-refractivity contribution is 0.284. The van der Waals surface area contributed by atoms with Crippen molar-refractivity contribution in [2.45, 2.75) is 19.6 Å². The Morgan fingerprint density at radius 3 is 2.34 bits per heavy atom. The zero-order valence-electron chi connectivity index (χ0n) is 16.1. The molecule has 6 heteroatoms. The largest absolute Gasteiger partial charge is 0.493 e. The van der Waals surface area contributed by atoms with Gasteiger partial charge in [0.15, 0.2) is 11.5 Å². The molecule has 0 saturated heterocycles. The fraction of sp³-hybridized carbons (Fsp3) is 0.217. The summed E-state index contributed by atoms with van der Waals surface area (Å²) in [4.78, 5) is 0. The zero-order valence-corrected chi connectivity index (χ0v) is 18.3. The first-order chi connectivity index (χ1) is 14.0. The molecule has 3 nitrogen and oxygen atoms in total. The molecule has 0 aliphatic heterocycles. The van der Waals surface area contributed by atoms with E-state index in [1.165, 1.54) is 5.56 Å². The van der Waals surface area contributed by atoms with Gasteiger partial charge in [-0.1, -0.05) is 59.1 Å². The Morgan fingerprint density at radius 1 is 0.828 bits per heavy atom. The molecule has 1 N–H and O–H groups in total. The van der Waals surface area contributed by atoms with E-state index in [4.69, 9.17) is 44.3 Å². The summed E-state index contributed by atoms with van der Waals surface area (Å²) in [5.74, 6) is 1.13. The van der Waals surface area contributed by atoms with Crippen LogP contribution in [0.25, 0.3) is 0 Å². The molecule has 0 unspecified atom stereocenters. The van der Waals surface area contributed by atoms with Crippen LogP contribution in [-0.2, 0) is 19.6 Å². The Bertz CT molecular complexity index is 945. The Hall–Kier alpha value is -1.91. The molecule has 0 spiro atoms. The number of methoxy groups -OCH3 is 1. The van der Waals surface area contributed by atoms with E-state index in [2.05, 4.69) is 5.32 Å². The van der Waals surface area contributed by atoms with Crippen LogP contribution in [0.4, 0.5) is 0 Å². The number of ether oxygens (including phenoxy) is 2. The van der Waals surface area contributed by atoms with Crippen molar-refractivity contribution in [1.29, 1.82) is 0 Å². The summed E-state index contributed by atoms with van der Waals surface area (Å²) >= 11 is 18.4. The second-order valence-electron chi connectivity index (χ2n) is 6.58. The fourth-order valence-electron chi connectivity index (χ4n) is 2.91. The molecule has 3 aromatic carbocycles. The third kappa shape index (κ3) is 6.55. The van der Waals surface area contributed by atoms with Crippen molar-refractivity contribution in [1.82, 2.24) is 5.32 Å². The molecular formula is C23H22Cl3NO2. The molecule has 29 heavy (non-hydrogen) atoms. The lowest BCUT2D eigenvalue weighted by atomic mass is 10.1. The number of halogens is 3. The maximum Gasteiger partial charge on any atom is 0.180 e. The lowest BCUT2D eigenvalue weighted by Gasteiger charge is -2.15. The summed E-state index contributed by atoms with van der Waals surface area (Å²) in [6, 6.07) is 19.2. The first-order valence-electron chi connectivity index (χ1n) is 9.24. The topological polar surface area (TPSA) is 30.5 Å². The molecule has 0 aromatic heterocycles. The quantitative estimate of drug-likeness (QED) is 0.374.